The molecule has 1 aromatic rings. The van der Waals surface area contributed by atoms with Crippen LogP contribution in [0.5, 0.6) is 0 Å². The van der Waals surface area contributed by atoms with Crippen molar-refractivity contribution in [1.82, 2.24) is 4.98 Å². The molecule has 0 N–H and O–H groups in total. The number of aromatic nitrogens is 1. The Morgan fingerprint density at radius 3 is 2.46 bits per heavy atom. The number of aryl methyl sites for hydroxylation is 2. The molecule has 13 heavy (non-hydrogen) atoms. The minimum atomic E-state index is 0.663. The second-order valence-electron chi connectivity index (χ2n) is 3.25. The zero-order valence-corrected chi connectivity index (χ0v) is 8.42. The van der Waals surface area contributed by atoms with E-state index in [1.165, 1.54) is 0 Å². The van der Waals surface area contributed by atoms with E-state index in [1.54, 1.807) is 0 Å². The first-order chi connectivity index (χ1) is 6.06. The lowest BCUT2D eigenvalue weighted by Crippen LogP contribution is -2.12. The lowest BCUT2D eigenvalue weighted by molar-refractivity contribution is 1.05. The summed E-state index contributed by atoms with van der Waals surface area (Å²) in [5.74, 6) is 0. The maximum absolute atomic E-state index is 8.92. The van der Waals surface area contributed by atoms with Gasteiger partial charge in [0.25, 0.3) is 0 Å². The Balaban J connectivity index is 3.41. The van der Waals surface area contributed by atoms with Crippen molar-refractivity contribution in [1.29, 1.82) is 5.26 Å². The van der Waals surface area contributed by atoms with Gasteiger partial charge >= 0.3 is 0 Å². The molecule has 0 saturated carbocycles. The summed E-state index contributed by atoms with van der Waals surface area (Å²) in [5, 5.41) is 8.92. The number of anilines is 1. The summed E-state index contributed by atoms with van der Waals surface area (Å²) in [5.41, 5.74) is 3.34. The van der Waals surface area contributed by atoms with Gasteiger partial charge in [-0.2, -0.15) is 5.26 Å². The van der Waals surface area contributed by atoms with Crippen LogP contribution < -0.4 is 4.90 Å². The van der Waals surface area contributed by atoms with Crippen molar-refractivity contribution in [2.45, 2.75) is 13.8 Å². The highest BCUT2D eigenvalue weighted by molar-refractivity contribution is 5.60. The minimum Gasteiger partial charge on any atom is -0.376 e. The predicted molar refractivity (Wildman–Crippen MR) is 52.8 cm³/mol. The first kappa shape index (κ1) is 9.53. The van der Waals surface area contributed by atoms with E-state index in [0.29, 0.717) is 5.56 Å². The summed E-state index contributed by atoms with van der Waals surface area (Å²) in [7, 11) is 3.85. The van der Waals surface area contributed by atoms with Crippen molar-refractivity contribution in [2.24, 2.45) is 0 Å². The van der Waals surface area contributed by atoms with Gasteiger partial charge in [0, 0.05) is 19.8 Å². The highest BCUT2D eigenvalue weighted by Gasteiger charge is 2.08. The Morgan fingerprint density at radius 2 is 2.00 bits per heavy atom. The Bertz CT molecular complexity index is 361. The van der Waals surface area contributed by atoms with E-state index < -0.39 is 0 Å². The van der Waals surface area contributed by atoms with Crippen LogP contribution in [0, 0.1) is 25.2 Å². The van der Waals surface area contributed by atoms with E-state index in [1.807, 2.05) is 38.9 Å². The average molecular weight is 175 g/mol. The molecule has 3 heteroatoms. The maximum atomic E-state index is 8.92. The monoisotopic (exact) mass is 175 g/mol. The molecule has 68 valence electrons. The predicted octanol–water partition coefficient (Wildman–Crippen LogP) is 1.64. The quantitative estimate of drug-likeness (QED) is 0.651. The smallest absolute Gasteiger partial charge is 0.103 e. The van der Waals surface area contributed by atoms with Gasteiger partial charge in [-0.25, -0.2) is 0 Å². The topological polar surface area (TPSA) is 39.9 Å². The highest BCUT2D eigenvalue weighted by atomic mass is 15.1. The molecule has 0 aliphatic heterocycles. The third-order valence-electron chi connectivity index (χ3n) is 1.90. The molecule has 1 aromatic heterocycles. The summed E-state index contributed by atoms with van der Waals surface area (Å²) < 4.78 is 0. The van der Waals surface area contributed by atoms with Crippen LogP contribution in [-0.2, 0) is 0 Å². The van der Waals surface area contributed by atoms with E-state index in [-0.39, 0.29) is 0 Å². The van der Waals surface area contributed by atoms with Crippen molar-refractivity contribution in [3.8, 4) is 6.07 Å². The number of hydrogen-bond donors (Lipinski definition) is 0. The average Bonchev–Trinajstić information content (AvgIpc) is 2.02. The SMILES string of the molecule is Cc1cc(N(C)C)c(C#N)c(C)n1. The Labute approximate surface area is 78.6 Å². The second-order valence-corrected chi connectivity index (χ2v) is 3.25. The Hall–Kier alpha value is -1.56. The number of pyridine rings is 1. The number of hydrogen-bond acceptors (Lipinski definition) is 3. The molecule has 0 bridgehead atoms. The maximum Gasteiger partial charge on any atom is 0.103 e. The van der Waals surface area contributed by atoms with Crippen LogP contribution in [0.15, 0.2) is 6.07 Å². The van der Waals surface area contributed by atoms with Gasteiger partial charge < -0.3 is 4.90 Å². The molecule has 0 unspecified atom stereocenters. The summed E-state index contributed by atoms with van der Waals surface area (Å²) in [6, 6.07) is 4.09. The van der Waals surface area contributed by atoms with Gasteiger partial charge in [0.05, 0.1) is 16.9 Å². The molecule has 0 amide bonds. The molecule has 1 heterocycles. The van der Waals surface area contributed by atoms with Gasteiger partial charge in [-0.15, -0.1) is 0 Å². The Kier molecular flexibility index (Phi) is 2.52. The Morgan fingerprint density at radius 1 is 1.38 bits per heavy atom. The van der Waals surface area contributed by atoms with E-state index in [0.717, 1.165) is 17.1 Å². The van der Waals surface area contributed by atoms with Crippen molar-refractivity contribution < 1.29 is 0 Å². The molecule has 1 rings (SSSR count). The zero-order valence-electron chi connectivity index (χ0n) is 8.42. The summed E-state index contributed by atoms with van der Waals surface area (Å²) >= 11 is 0. The molecule has 0 fully saturated rings. The molecule has 0 saturated heterocycles. The van der Waals surface area contributed by atoms with Gasteiger partial charge in [-0.1, -0.05) is 0 Å². The van der Waals surface area contributed by atoms with Crippen LogP contribution in [0.2, 0.25) is 0 Å². The van der Waals surface area contributed by atoms with Crippen LogP contribution in [0.25, 0.3) is 0 Å². The lowest BCUT2D eigenvalue weighted by atomic mass is 10.1. The highest BCUT2D eigenvalue weighted by Crippen LogP contribution is 2.20. The van der Waals surface area contributed by atoms with Crippen molar-refractivity contribution >= 4 is 5.69 Å². The third kappa shape index (κ3) is 1.78. The molecule has 0 radical (unpaired) electrons. The number of rotatable bonds is 1. The van der Waals surface area contributed by atoms with Crippen LogP contribution >= 0.6 is 0 Å². The second kappa shape index (κ2) is 3.44. The van der Waals surface area contributed by atoms with Crippen molar-refractivity contribution in [2.75, 3.05) is 19.0 Å². The number of nitriles is 1. The van der Waals surface area contributed by atoms with Crippen LogP contribution in [0.3, 0.4) is 0 Å². The lowest BCUT2D eigenvalue weighted by Gasteiger charge is -2.15. The molecular formula is C10H13N3. The van der Waals surface area contributed by atoms with Gasteiger partial charge in [-0.05, 0) is 19.9 Å². The normalized spacial score (nSPS) is 9.46. The molecule has 3 nitrogen and oxygen atoms in total. The van der Waals surface area contributed by atoms with Crippen molar-refractivity contribution in [3.63, 3.8) is 0 Å². The van der Waals surface area contributed by atoms with Crippen LogP contribution in [-0.4, -0.2) is 19.1 Å². The molecule has 0 atom stereocenters. The fourth-order valence-corrected chi connectivity index (χ4v) is 1.30. The van der Waals surface area contributed by atoms with E-state index >= 15 is 0 Å². The fourth-order valence-electron chi connectivity index (χ4n) is 1.30. The number of nitrogens with zero attached hydrogens (tertiary/aromatic N) is 3. The third-order valence-corrected chi connectivity index (χ3v) is 1.90. The van der Waals surface area contributed by atoms with E-state index in [2.05, 4.69) is 11.1 Å². The first-order valence-electron chi connectivity index (χ1n) is 4.12. The summed E-state index contributed by atoms with van der Waals surface area (Å²) in [6.07, 6.45) is 0. The van der Waals surface area contributed by atoms with Gasteiger partial charge in [0.2, 0.25) is 0 Å². The molecular weight excluding hydrogens is 162 g/mol. The molecule has 0 aromatic carbocycles. The van der Waals surface area contributed by atoms with Crippen LogP contribution in [0.1, 0.15) is 17.0 Å². The van der Waals surface area contributed by atoms with Crippen molar-refractivity contribution in [3.05, 3.63) is 23.0 Å². The zero-order chi connectivity index (χ0) is 10.0. The summed E-state index contributed by atoms with van der Waals surface area (Å²) in [6.45, 7) is 3.79. The fraction of sp³-hybridized carbons (Fsp3) is 0.400. The van der Waals surface area contributed by atoms with Gasteiger partial charge in [0.1, 0.15) is 6.07 Å². The van der Waals surface area contributed by atoms with Gasteiger partial charge in [-0.3, -0.25) is 4.98 Å². The van der Waals surface area contributed by atoms with Gasteiger partial charge in [0.15, 0.2) is 0 Å². The first-order valence-corrected chi connectivity index (χ1v) is 4.12. The van der Waals surface area contributed by atoms with E-state index in [4.69, 9.17) is 5.26 Å². The van der Waals surface area contributed by atoms with E-state index in [9.17, 15) is 0 Å². The van der Waals surface area contributed by atoms with Crippen LogP contribution in [0.4, 0.5) is 5.69 Å². The standard InChI is InChI=1S/C10H13N3/c1-7-5-10(13(3)4)9(6-11)8(2)12-7/h5H,1-4H3. The molecule has 0 spiro atoms. The minimum absolute atomic E-state index is 0.663. The molecule has 0 aliphatic carbocycles. The largest absolute Gasteiger partial charge is 0.376 e. The molecule has 0 aliphatic rings. The summed E-state index contributed by atoms with van der Waals surface area (Å²) in [4.78, 5) is 6.17.